The molecule has 15 heavy (non-hydrogen) atoms. The summed E-state index contributed by atoms with van der Waals surface area (Å²) in [5.41, 5.74) is 5.64. The highest BCUT2D eigenvalue weighted by atomic mass is 16.2. The third-order valence-corrected chi connectivity index (χ3v) is 2.05. The van der Waals surface area contributed by atoms with Crippen LogP contribution in [0.5, 0.6) is 0 Å². The molecule has 84 valence electrons. The van der Waals surface area contributed by atoms with E-state index in [0.29, 0.717) is 13.1 Å². The Kier molecular flexibility index (Phi) is 4.76. The summed E-state index contributed by atoms with van der Waals surface area (Å²) in [7, 11) is 0. The SMILES string of the molecule is CCC[C@@H](N)C(=O)NCCn1ccnn1. The molecule has 0 aliphatic rings. The second kappa shape index (κ2) is 6.13. The van der Waals surface area contributed by atoms with Crippen molar-refractivity contribution < 1.29 is 4.79 Å². The maximum absolute atomic E-state index is 11.4. The van der Waals surface area contributed by atoms with Gasteiger partial charge in [-0.05, 0) is 6.42 Å². The van der Waals surface area contributed by atoms with E-state index in [0.717, 1.165) is 12.8 Å². The molecule has 0 aliphatic carbocycles. The Labute approximate surface area is 88.8 Å². The van der Waals surface area contributed by atoms with Gasteiger partial charge in [0.15, 0.2) is 0 Å². The van der Waals surface area contributed by atoms with Crippen molar-refractivity contribution in [2.24, 2.45) is 5.73 Å². The Balaban J connectivity index is 2.17. The molecule has 0 bridgehead atoms. The van der Waals surface area contributed by atoms with Crippen molar-refractivity contribution in [3.05, 3.63) is 12.4 Å². The molecule has 0 aliphatic heterocycles. The molecular formula is C9H17N5O. The van der Waals surface area contributed by atoms with Crippen LogP contribution >= 0.6 is 0 Å². The second-order valence-electron chi connectivity index (χ2n) is 3.35. The van der Waals surface area contributed by atoms with Crippen LogP contribution in [-0.2, 0) is 11.3 Å². The summed E-state index contributed by atoms with van der Waals surface area (Å²) in [6, 6.07) is -0.397. The van der Waals surface area contributed by atoms with Gasteiger partial charge in [-0.3, -0.25) is 9.48 Å². The largest absolute Gasteiger partial charge is 0.353 e. The average molecular weight is 211 g/mol. The zero-order valence-electron chi connectivity index (χ0n) is 8.89. The number of nitrogens with one attached hydrogen (secondary N) is 1. The molecule has 1 aromatic heterocycles. The molecule has 1 heterocycles. The monoisotopic (exact) mass is 211 g/mol. The number of hydrogen-bond donors (Lipinski definition) is 2. The van der Waals surface area contributed by atoms with Crippen molar-refractivity contribution in [1.29, 1.82) is 0 Å². The number of amides is 1. The second-order valence-corrected chi connectivity index (χ2v) is 3.35. The zero-order valence-corrected chi connectivity index (χ0v) is 8.89. The standard InChI is InChI=1S/C9H17N5O/c1-2-3-8(10)9(15)11-4-6-14-7-5-12-13-14/h5,7-8H,2-4,6,10H2,1H3,(H,11,15)/t8-/m1/s1. The molecule has 0 saturated carbocycles. The molecule has 0 unspecified atom stereocenters. The highest BCUT2D eigenvalue weighted by Gasteiger charge is 2.10. The van der Waals surface area contributed by atoms with Crippen LogP contribution in [0, 0.1) is 0 Å². The van der Waals surface area contributed by atoms with E-state index in [4.69, 9.17) is 5.73 Å². The van der Waals surface area contributed by atoms with Crippen molar-refractivity contribution in [1.82, 2.24) is 20.3 Å². The lowest BCUT2D eigenvalue weighted by Gasteiger charge is -2.10. The first-order valence-corrected chi connectivity index (χ1v) is 5.11. The van der Waals surface area contributed by atoms with E-state index in [1.165, 1.54) is 0 Å². The van der Waals surface area contributed by atoms with Gasteiger partial charge in [-0.25, -0.2) is 0 Å². The van der Waals surface area contributed by atoms with Gasteiger partial charge in [-0.1, -0.05) is 18.6 Å². The maximum atomic E-state index is 11.4. The van der Waals surface area contributed by atoms with E-state index in [-0.39, 0.29) is 5.91 Å². The Morgan fingerprint density at radius 1 is 1.67 bits per heavy atom. The van der Waals surface area contributed by atoms with Gasteiger partial charge < -0.3 is 11.1 Å². The predicted molar refractivity (Wildman–Crippen MR) is 55.9 cm³/mol. The molecule has 0 radical (unpaired) electrons. The molecule has 1 amide bonds. The molecule has 6 nitrogen and oxygen atoms in total. The third kappa shape index (κ3) is 4.07. The van der Waals surface area contributed by atoms with Gasteiger partial charge >= 0.3 is 0 Å². The summed E-state index contributed by atoms with van der Waals surface area (Å²) >= 11 is 0. The average Bonchev–Trinajstić information content (AvgIpc) is 2.71. The van der Waals surface area contributed by atoms with Gasteiger partial charge in [0.05, 0.1) is 18.8 Å². The lowest BCUT2D eigenvalue weighted by molar-refractivity contribution is -0.122. The lowest BCUT2D eigenvalue weighted by Crippen LogP contribution is -2.41. The number of carbonyl (C=O) groups excluding carboxylic acids is 1. The molecule has 1 rings (SSSR count). The highest BCUT2D eigenvalue weighted by Crippen LogP contribution is 1.92. The summed E-state index contributed by atoms with van der Waals surface area (Å²) in [6.45, 7) is 3.15. The minimum absolute atomic E-state index is 0.100. The Bertz CT molecular complexity index is 285. The first-order chi connectivity index (χ1) is 7.24. The van der Waals surface area contributed by atoms with Crippen LogP contribution in [0.1, 0.15) is 19.8 Å². The minimum atomic E-state index is -0.397. The van der Waals surface area contributed by atoms with Gasteiger partial charge in [-0.2, -0.15) is 0 Å². The number of aromatic nitrogens is 3. The fourth-order valence-corrected chi connectivity index (χ4v) is 1.22. The van der Waals surface area contributed by atoms with E-state index in [2.05, 4.69) is 15.6 Å². The van der Waals surface area contributed by atoms with E-state index in [9.17, 15) is 4.79 Å². The van der Waals surface area contributed by atoms with Crippen LogP contribution < -0.4 is 11.1 Å². The van der Waals surface area contributed by atoms with Gasteiger partial charge in [0, 0.05) is 12.7 Å². The van der Waals surface area contributed by atoms with Gasteiger partial charge in [0.1, 0.15) is 0 Å². The Hall–Kier alpha value is -1.43. The summed E-state index contributed by atoms with van der Waals surface area (Å²) in [4.78, 5) is 11.4. The van der Waals surface area contributed by atoms with Crippen molar-refractivity contribution >= 4 is 5.91 Å². The van der Waals surface area contributed by atoms with E-state index in [1.807, 2.05) is 6.92 Å². The molecule has 1 aromatic rings. The van der Waals surface area contributed by atoms with Crippen LogP contribution in [0.3, 0.4) is 0 Å². The van der Waals surface area contributed by atoms with E-state index in [1.54, 1.807) is 17.1 Å². The molecule has 0 spiro atoms. The molecule has 0 aromatic carbocycles. The molecule has 6 heteroatoms. The van der Waals surface area contributed by atoms with Gasteiger partial charge in [0.2, 0.25) is 5.91 Å². The fourth-order valence-electron chi connectivity index (χ4n) is 1.22. The third-order valence-electron chi connectivity index (χ3n) is 2.05. The van der Waals surface area contributed by atoms with Crippen molar-refractivity contribution in [2.45, 2.75) is 32.4 Å². The van der Waals surface area contributed by atoms with Crippen LogP contribution in [0.2, 0.25) is 0 Å². The number of rotatable bonds is 6. The summed E-state index contributed by atoms with van der Waals surface area (Å²) < 4.78 is 1.66. The fraction of sp³-hybridized carbons (Fsp3) is 0.667. The van der Waals surface area contributed by atoms with Crippen LogP contribution in [-0.4, -0.2) is 33.5 Å². The van der Waals surface area contributed by atoms with Gasteiger partial charge in [0.25, 0.3) is 0 Å². The van der Waals surface area contributed by atoms with Crippen LogP contribution in [0.25, 0.3) is 0 Å². The van der Waals surface area contributed by atoms with Crippen molar-refractivity contribution in [2.75, 3.05) is 6.54 Å². The smallest absolute Gasteiger partial charge is 0.236 e. The van der Waals surface area contributed by atoms with Crippen LogP contribution in [0.15, 0.2) is 12.4 Å². The summed E-state index contributed by atoms with van der Waals surface area (Å²) in [6.07, 6.45) is 4.98. The molecule has 3 N–H and O–H groups in total. The summed E-state index contributed by atoms with van der Waals surface area (Å²) in [5.74, 6) is -0.100. The van der Waals surface area contributed by atoms with Crippen molar-refractivity contribution in [3.8, 4) is 0 Å². The number of nitrogens with two attached hydrogens (primary N) is 1. The lowest BCUT2D eigenvalue weighted by atomic mass is 10.2. The molecular weight excluding hydrogens is 194 g/mol. The highest BCUT2D eigenvalue weighted by molar-refractivity contribution is 5.81. The molecule has 0 saturated heterocycles. The molecule has 0 fully saturated rings. The predicted octanol–water partition coefficient (Wildman–Crippen LogP) is -0.478. The first-order valence-electron chi connectivity index (χ1n) is 5.11. The first kappa shape index (κ1) is 11.6. The van der Waals surface area contributed by atoms with E-state index < -0.39 is 6.04 Å². The normalized spacial score (nSPS) is 12.4. The Morgan fingerprint density at radius 3 is 3.07 bits per heavy atom. The van der Waals surface area contributed by atoms with Crippen molar-refractivity contribution in [3.63, 3.8) is 0 Å². The van der Waals surface area contributed by atoms with Gasteiger partial charge in [-0.15, -0.1) is 5.10 Å². The quantitative estimate of drug-likeness (QED) is 0.665. The molecule has 1 atom stereocenters. The Morgan fingerprint density at radius 2 is 2.47 bits per heavy atom. The number of hydrogen-bond acceptors (Lipinski definition) is 4. The number of carbonyl (C=O) groups is 1. The zero-order chi connectivity index (χ0) is 11.1. The maximum Gasteiger partial charge on any atom is 0.236 e. The van der Waals surface area contributed by atoms with E-state index >= 15 is 0 Å². The minimum Gasteiger partial charge on any atom is -0.353 e. The topological polar surface area (TPSA) is 85.8 Å². The summed E-state index contributed by atoms with van der Waals surface area (Å²) in [5, 5.41) is 10.2. The van der Waals surface area contributed by atoms with Crippen LogP contribution in [0.4, 0.5) is 0 Å². The number of nitrogens with zero attached hydrogens (tertiary/aromatic N) is 3.